The highest BCUT2D eigenvalue weighted by Gasteiger charge is 2.43. The lowest BCUT2D eigenvalue weighted by atomic mass is 9.76. The zero-order valence-electron chi connectivity index (χ0n) is 15.9. The van der Waals surface area contributed by atoms with Gasteiger partial charge in [0, 0.05) is 0 Å². The first-order valence-electron chi connectivity index (χ1n) is 9.40. The standard InChI is InChI=1S/C21H18Cl2F5NO2/c22-15-10-11(21(26,27)28)4-5-13(15)19(30)29-18(14-2-1-3-16(25)17(14)23)20(31)8-6-12(24)7-9-20/h1-5,10,12,18,31H,6-9H2,(H,29,30)/t12-,18?,20+. The van der Waals surface area contributed by atoms with Gasteiger partial charge in [0.2, 0.25) is 0 Å². The van der Waals surface area contributed by atoms with Crippen LogP contribution in [0.5, 0.6) is 0 Å². The Morgan fingerprint density at radius 3 is 2.39 bits per heavy atom. The summed E-state index contributed by atoms with van der Waals surface area (Å²) in [4.78, 5) is 12.9. The molecule has 10 heteroatoms. The van der Waals surface area contributed by atoms with E-state index < -0.39 is 46.3 Å². The van der Waals surface area contributed by atoms with Crippen molar-refractivity contribution in [2.75, 3.05) is 0 Å². The molecule has 2 aromatic carbocycles. The number of alkyl halides is 4. The Hall–Kier alpha value is -1.90. The summed E-state index contributed by atoms with van der Waals surface area (Å²) in [5, 5.41) is 12.9. The molecule has 1 unspecified atom stereocenters. The van der Waals surface area contributed by atoms with E-state index in [0.29, 0.717) is 12.1 Å². The van der Waals surface area contributed by atoms with Gasteiger partial charge in [0.05, 0.1) is 32.8 Å². The van der Waals surface area contributed by atoms with E-state index in [4.69, 9.17) is 23.2 Å². The number of aliphatic hydroxyl groups is 1. The monoisotopic (exact) mass is 481 g/mol. The minimum Gasteiger partial charge on any atom is -0.387 e. The maximum atomic E-state index is 14.1. The third kappa shape index (κ3) is 5.13. The molecule has 1 aliphatic carbocycles. The van der Waals surface area contributed by atoms with Gasteiger partial charge < -0.3 is 10.4 Å². The molecular weight excluding hydrogens is 464 g/mol. The fraction of sp³-hybridized carbons (Fsp3) is 0.381. The summed E-state index contributed by atoms with van der Waals surface area (Å²) < 4.78 is 66.3. The fourth-order valence-corrected chi connectivity index (χ4v) is 4.20. The second-order valence-corrected chi connectivity index (χ2v) is 8.31. The highest BCUT2D eigenvalue weighted by atomic mass is 35.5. The molecule has 1 amide bonds. The molecule has 2 N–H and O–H groups in total. The molecule has 1 fully saturated rings. The molecule has 3 nitrogen and oxygen atoms in total. The van der Waals surface area contributed by atoms with Gasteiger partial charge in [0.15, 0.2) is 0 Å². The highest BCUT2D eigenvalue weighted by Crippen LogP contribution is 2.42. The van der Waals surface area contributed by atoms with E-state index in [1.807, 2.05) is 0 Å². The summed E-state index contributed by atoms with van der Waals surface area (Å²) >= 11 is 12.0. The predicted octanol–water partition coefficient (Wildman–Crippen LogP) is 6.27. The molecule has 3 rings (SSSR count). The van der Waals surface area contributed by atoms with Crippen LogP contribution >= 0.6 is 23.2 Å². The number of carbonyl (C=O) groups excluding carboxylic acids is 1. The molecule has 1 saturated carbocycles. The second kappa shape index (κ2) is 8.92. The Labute approximate surface area is 185 Å². The fourth-order valence-electron chi connectivity index (χ4n) is 3.70. The first-order valence-corrected chi connectivity index (χ1v) is 10.2. The molecule has 0 saturated heterocycles. The van der Waals surface area contributed by atoms with Gasteiger partial charge >= 0.3 is 6.18 Å². The summed E-state index contributed by atoms with van der Waals surface area (Å²) in [6.45, 7) is 0. The van der Waals surface area contributed by atoms with Crippen LogP contribution in [0.2, 0.25) is 10.0 Å². The number of hydrogen-bond acceptors (Lipinski definition) is 2. The minimum absolute atomic E-state index is 0.0246. The Morgan fingerprint density at radius 2 is 1.81 bits per heavy atom. The third-order valence-electron chi connectivity index (χ3n) is 5.43. The van der Waals surface area contributed by atoms with Crippen molar-refractivity contribution in [2.24, 2.45) is 0 Å². The van der Waals surface area contributed by atoms with Crippen molar-refractivity contribution in [1.82, 2.24) is 5.32 Å². The van der Waals surface area contributed by atoms with E-state index in [1.165, 1.54) is 12.1 Å². The Balaban J connectivity index is 1.97. The average Bonchev–Trinajstić information content (AvgIpc) is 2.70. The number of carbonyl (C=O) groups is 1. The third-order valence-corrected chi connectivity index (χ3v) is 6.14. The molecule has 0 heterocycles. The topological polar surface area (TPSA) is 49.3 Å². The van der Waals surface area contributed by atoms with E-state index in [9.17, 15) is 31.9 Å². The van der Waals surface area contributed by atoms with Crippen LogP contribution in [0, 0.1) is 5.82 Å². The molecule has 2 aromatic rings. The largest absolute Gasteiger partial charge is 0.416 e. The number of benzene rings is 2. The first kappa shape index (κ1) is 23.8. The molecule has 0 aromatic heterocycles. The molecule has 0 bridgehead atoms. The molecule has 1 aliphatic rings. The van der Waals surface area contributed by atoms with Gasteiger partial charge in [-0.15, -0.1) is 0 Å². The number of rotatable bonds is 4. The number of amides is 1. The maximum absolute atomic E-state index is 14.1. The van der Waals surface area contributed by atoms with E-state index >= 15 is 0 Å². The summed E-state index contributed by atoms with van der Waals surface area (Å²) in [5.41, 5.74) is -2.87. The predicted molar refractivity (Wildman–Crippen MR) is 106 cm³/mol. The first-order chi connectivity index (χ1) is 14.4. The van der Waals surface area contributed by atoms with Crippen molar-refractivity contribution >= 4 is 29.1 Å². The Kier molecular flexibility index (Phi) is 6.84. The van der Waals surface area contributed by atoms with Crippen LogP contribution in [0.1, 0.15) is 53.2 Å². The van der Waals surface area contributed by atoms with Gasteiger partial charge in [-0.1, -0.05) is 35.3 Å². The van der Waals surface area contributed by atoms with Crippen LogP contribution < -0.4 is 5.32 Å². The second-order valence-electron chi connectivity index (χ2n) is 7.52. The summed E-state index contributed by atoms with van der Waals surface area (Å²) in [5.74, 6) is -1.67. The molecular formula is C21H18Cl2F5NO2. The quantitative estimate of drug-likeness (QED) is 0.505. The SMILES string of the molecule is O=C(NC(c1cccc(F)c1Cl)[C@]1(O)CC[C@@H](F)CC1)c1ccc(C(F)(F)F)cc1Cl. The van der Waals surface area contributed by atoms with Crippen molar-refractivity contribution in [1.29, 1.82) is 0 Å². The van der Waals surface area contributed by atoms with Crippen molar-refractivity contribution in [3.8, 4) is 0 Å². The Bertz CT molecular complexity index is 975. The van der Waals surface area contributed by atoms with Gasteiger partial charge in [-0.2, -0.15) is 13.2 Å². The van der Waals surface area contributed by atoms with Gasteiger partial charge in [-0.3, -0.25) is 4.79 Å². The highest BCUT2D eigenvalue weighted by molar-refractivity contribution is 6.34. The van der Waals surface area contributed by atoms with Crippen LogP contribution in [-0.2, 0) is 6.18 Å². The zero-order valence-corrected chi connectivity index (χ0v) is 17.5. The molecule has 31 heavy (non-hydrogen) atoms. The molecule has 1 atom stereocenters. The lowest BCUT2D eigenvalue weighted by molar-refractivity contribution is -0.137. The van der Waals surface area contributed by atoms with E-state index in [2.05, 4.69) is 5.32 Å². The van der Waals surface area contributed by atoms with E-state index in [1.54, 1.807) is 0 Å². The normalized spacial score (nSPS) is 22.8. The molecule has 0 radical (unpaired) electrons. The van der Waals surface area contributed by atoms with Crippen molar-refractivity contribution in [2.45, 2.75) is 49.7 Å². The molecule has 0 spiro atoms. The summed E-state index contributed by atoms with van der Waals surface area (Å²) in [7, 11) is 0. The Morgan fingerprint density at radius 1 is 1.16 bits per heavy atom. The van der Waals surface area contributed by atoms with E-state index in [0.717, 1.165) is 12.1 Å². The molecule has 168 valence electrons. The van der Waals surface area contributed by atoms with Gasteiger partial charge in [-0.25, -0.2) is 8.78 Å². The number of nitrogens with one attached hydrogen (secondary N) is 1. The van der Waals surface area contributed by atoms with Crippen molar-refractivity contribution in [3.05, 3.63) is 69.0 Å². The lowest BCUT2D eigenvalue weighted by Gasteiger charge is -2.41. The van der Waals surface area contributed by atoms with Crippen LogP contribution in [0.25, 0.3) is 0 Å². The average molecular weight is 482 g/mol. The smallest absolute Gasteiger partial charge is 0.387 e. The minimum atomic E-state index is -4.64. The van der Waals surface area contributed by atoms with Crippen LogP contribution in [0.4, 0.5) is 22.0 Å². The number of hydrogen-bond donors (Lipinski definition) is 2. The summed E-state index contributed by atoms with van der Waals surface area (Å²) in [6, 6.07) is 4.83. The van der Waals surface area contributed by atoms with Crippen molar-refractivity contribution in [3.63, 3.8) is 0 Å². The zero-order chi connectivity index (χ0) is 23.0. The van der Waals surface area contributed by atoms with Crippen LogP contribution in [0.15, 0.2) is 36.4 Å². The van der Waals surface area contributed by atoms with Crippen LogP contribution in [0.3, 0.4) is 0 Å². The lowest BCUT2D eigenvalue weighted by Crippen LogP contribution is -2.48. The number of halogens is 7. The molecule has 0 aliphatic heterocycles. The van der Waals surface area contributed by atoms with Crippen LogP contribution in [-0.4, -0.2) is 22.8 Å². The summed E-state index contributed by atoms with van der Waals surface area (Å²) in [6.07, 6.45) is -5.78. The van der Waals surface area contributed by atoms with Gasteiger partial charge in [0.1, 0.15) is 12.0 Å². The van der Waals surface area contributed by atoms with Gasteiger partial charge in [-0.05, 0) is 55.5 Å². The van der Waals surface area contributed by atoms with Crippen molar-refractivity contribution < 1.29 is 31.9 Å². The van der Waals surface area contributed by atoms with E-state index in [-0.39, 0.29) is 41.8 Å². The maximum Gasteiger partial charge on any atom is 0.416 e. The van der Waals surface area contributed by atoms with Gasteiger partial charge in [0.25, 0.3) is 5.91 Å².